The lowest BCUT2D eigenvalue weighted by Crippen LogP contribution is -2.31. The molecular formula is C21H19N3O5. The first kappa shape index (κ1) is 19.8. The average molecular weight is 393 g/mol. The molecule has 3 rings (SSSR count). The van der Waals surface area contributed by atoms with E-state index in [1.54, 1.807) is 48.5 Å². The van der Waals surface area contributed by atoms with Crippen LogP contribution in [0, 0.1) is 0 Å². The zero-order chi connectivity index (χ0) is 21.0. The lowest BCUT2D eigenvalue weighted by molar-refractivity contribution is 0.101. The van der Waals surface area contributed by atoms with Gasteiger partial charge < -0.3 is 9.84 Å². The highest BCUT2D eigenvalue weighted by Gasteiger charge is 2.14. The summed E-state index contributed by atoms with van der Waals surface area (Å²) in [5.74, 6) is -0.0541. The van der Waals surface area contributed by atoms with E-state index in [1.807, 2.05) is 6.92 Å². The van der Waals surface area contributed by atoms with Gasteiger partial charge in [0.25, 0.3) is 5.56 Å². The molecule has 0 fully saturated rings. The molecule has 0 spiro atoms. The SMILES string of the molecule is CCOc1ccc(-n2c(O)c(C=Nc3cccc(C(C)=O)c3)c(=O)[nH]c2=O)cc1. The number of carbonyl (C=O) groups excluding carboxylic acids is 1. The van der Waals surface area contributed by atoms with Gasteiger partial charge in [0.2, 0.25) is 5.88 Å². The van der Waals surface area contributed by atoms with Crippen LogP contribution in [0.4, 0.5) is 5.69 Å². The van der Waals surface area contributed by atoms with E-state index in [9.17, 15) is 19.5 Å². The van der Waals surface area contributed by atoms with E-state index in [-0.39, 0.29) is 11.3 Å². The zero-order valence-corrected chi connectivity index (χ0v) is 15.9. The molecule has 0 radical (unpaired) electrons. The van der Waals surface area contributed by atoms with Crippen LogP contribution < -0.4 is 16.0 Å². The predicted octanol–water partition coefficient (Wildman–Crippen LogP) is 2.58. The molecule has 0 saturated carbocycles. The van der Waals surface area contributed by atoms with Crippen molar-refractivity contribution < 1.29 is 14.6 Å². The van der Waals surface area contributed by atoms with Crippen LogP contribution in [0.2, 0.25) is 0 Å². The molecule has 2 N–H and O–H groups in total. The number of hydrogen-bond acceptors (Lipinski definition) is 6. The van der Waals surface area contributed by atoms with Crippen LogP contribution in [0.1, 0.15) is 29.8 Å². The molecule has 8 heteroatoms. The van der Waals surface area contributed by atoms with Crippen LogP contribution in [0.3, 0.4) is 0 Å². The normalized spacial score (nSPS) is 11.0. The minimum Gasteiger partial charge on any atom is -0.494 e. The van der Waals surface area contributed by atoms with Gasteiger partial charge in [0, 0.05) is 11.8 Å². The fourth-order valence-corrected chi connectivity index (χ4v) is 2.70. The van der Waals surface area contributed by atoms with Gasteiger partial charge in [0.1, 0.15) is 11.3 Å². The van der Waals surface area contributed by atoms with Crippen molar-refractivity contribution in [3.63, 3.8) is 0 Å². The zero-order valence-electron chi connectivity index (χ0n) is 15.9. The Hall–Kier alpha value is -3.94. The second-order valence-electron chi connectivity index (χ2n) is 6.12. The summed E-state index contributed by atoms with van der Waals surface area (Å²) in [6, 6.07) is 13.0. The van der Waals surface area contributed by atoms with Crippen LogP contribution in [-0.4, -0.2) is 33.3 Å². The van der Waals surface area contributed by atoms with Crippen molar-refractivity contribution in [2.45, 2.75) is 13.8 Å². The number of hydrogen-bond donors (Lipinski definition) is 2. The highest BCUT2D eigenvalue weighted by Crippen LogP contribution is 2.20. The molecule has 0 aliphatic heterocycles. The molecule has 0 aliphatic carbocycles. The first-order valence-electron chi connectivity index (χ1n) is 8.87. The third-order valence-electron chi connectivity index (χ3n) is 4.12. The number of aromatic amines is 1. The summed E-state index contributed by atoms with van der Waals surface area (Å²) in [5.41, 5.74) is -0.506. The Morgan fingerprint density at radius 2 is 1.93 bits per heavy atom. The molecule has 0 amide bonds. The fraction of sp³-hybridized carbons (Fsp3) is 0.143. The van der Waals surface area contributed by atoms with Gasteiger partial charge in [0.15, 0.2) is 5.78 Å². The Labute approximate surface area is 165 Å². The van der Waals surface area contributed by atoms with E-state index in [2.05, 4.69) is 9.98 Å². The van der Waals surface area contributed by atoms with Crippen molar-refractivity contribution in [3.8, 4) is 17.3 Å². The largest absolute Gasteiger partial charge is 0.494 e. The van der Waals surface area contributed by atoms with Crippen molar-refractivity contribution in [1.82, 2.24) is 9.55 Å². The molecule has 1 aromatic heterocycles. The number of H-pyrrole nitrogens is 1. The molecule has 148 valence electrons. The molecule has 0 saturated heterocycles. The Balaban J connectivity index is 2.03. The second-order valence-corrected chi connectivity index (χ2v) is 6.12. The van der Waals surface area contributed by atoms with Crippen molar-refractivity contribution in [3.05, 3.63) is 80.5 Å². The van der Waals surface area contributed by atoms with Gasteiger partial charge in [-0.1, -0.05) is 12.1 Å². The molecule has 2 aromatic carbocycles. The number of nitrogens with zero attached hydrogens (tertiary/aromatic N) is 2. The maximum absolute atomic E-state index is 12.3. The number of aromatic hydroxyl groups is 1. The summed E-state index contributed by atoms with van der Waals surface area (Å²) < 4.78 is 6.32. The number of nitrogens with one attached hydrogen (secondary N) is 1. The molecular weight excluding hydrogens is 374 g/mol. The Morgan fingerprint density at radius 3 is 2.59 bits per heavy atom. The lowest BCUT2D eigenvalue weighted by atomic mass is 10.1. The third kappa shape index (κ3) is 4.32. The molecule has 0 aliphatic rings. The summed E-state index contributed by atoms with van der Waals surface area (Å²) in [4.78, 5) is 42.2. The van der Waals surface area contributed by atoms with Crippen LogP contribution in [-0.2, 0) is 0 Å². The minimum absolute atomic E-state index is 0.119. The molecule has 0 unspecified atom stereocenters. The smallest absolute Gasteiger partial charge is 0.335 e. The van der Waals surface area contributed by atoms with Gasteiger partial charge in [-0.15, -0.1) is 0 Å². The van der Waals surface area contributed by atoms with Crippen LogP contribution in [0.15, 0.2) is 63.1 Å². The van der Waals surface area contributed by atoms with Gasteiger partial charge in [0.05, 0.1) is 18.0 Å². The summed E-state index contributed by atoms with van der Waals surface area (Å²) in [6.45, 7) is 3.78. The molecule has 1 heterocycles. The highest BCUT2D eigenvalue weighted by atomic mass is 16.5. The van der Waals surface area contributed by atoms with Gasteiger partial charge in [-0.05, 0) is 50.2 Å². The molecule has 29 heavy (non-hydrogen) atoms. The monoisotopic (exact) mass is 393 g/mol. The Bertz CT molecular complexity index is 1190. The number of ether oxygens (including phenoxy) is 1. The van der Waals surface area contributed by atoms with Crippen molar-refractivity contribution in [2.75, 3.05) is 6.61 Å². The first-order chi connectivity index (χ1) is 13.9. The quantitative estimate of drug-likeness (QED) is 0.494. The fourth-order valence-electron chi connectivity index (χ4n) is 2.70. The Kier molecular flexibility index (Phi) is 5.73. The minimum atomic E-state index is -0.785. The number of carbonyl (C=O) groups is 1. The average Bonchev–Trinajstić information content (AvgIpc) is 2.69. The highest BCUT2D eigenvalue weighted by molar-refractivity contribution is 5.95. The van der Waals surface area contributed by atoms with E-state index in [0.717, 1.165) is 10.8 Å². The third-order valence-corrected chi connectivity index (χ3v) is 4.12. The van der Waals surface area contributed by atoms with Gasteiger partial charge in [-0.3, -0.25) is 19.6 Å². The van der Waals surface area contributed by atoms with Gasteiger partial charge >= 0.3 is 5.69 Å². The molecule has 0 atom stereocenters. The second kappa shape index (κ2) is 8.39. The van der Waals surface area contributed by atoms with Crippen LogP contribution in [0.5, 0.6) is 11.6 Å². The topological polar surface area (TPSA) is 114 Å². The standard InChI is InChI=1S/C21H19N3O5/c1-3-29-17-9-7-16(8-10-17)24-20(27)18(19(26)23-21(24)28)12-22-15-6-4-5-14(11-15)13(2)25/h4-12,27H,3H2,1-2H3,(H,23,26,28). The summed E-state index contributed by atoms with van der Waals surface area (Å²) in [5, 5.41) is 10.6. The first-order valence-corrected chi connectivity index (χ1v) is 8.87. The number of ketones is 1. The maximum Gasteiger partial charge on any atom is 0.335 e. The predicted molar refractivity (Wildman–Crippen MR) is 109 cm³/mol. The van der Waals surface area contributed by atoms with Gasteiger partial charge in [-0.2, -0.15) is 0 Å². The summed E-state index contributed by atoms with van der Waals surface area (Å²) >= 11 is 0. The molecule has 3 aromatic rings. The van der Waals surface area contributed by atoms with E-state index in [1.165, 1.54) is 6.92 Å². The summed E-state index contributed by atoms with van der Waals surface area (Å²) in [6.07, 6.45) is 1.15. The van der Waals surface area contributed by atoms with Crippen LogP contribution in [0.25, 0.3) is 5.69 Å². The van der Waals surface area contributed by atoms with E-state index < -0.39 is 17.1 Å². The number of benzene rings is 2. The van der Waals surface area contributed by atoms with Crippen molar-refractivity contribution in [2.24, 2.45) is 4.99 Å². The number of rotatable bonds is 6. The number of aromatic nitrogens is 2. The van der Waals surface area contributed by atoms with E-state index in [0.29, 0.717) is 29.3 Å². The van der Waals surface area contributed by atoms with Crippen molar-refractivity contribution >= 4 is 17.7 Å². The van der Waals surface area contributed by atoms with E-state index in [4.69, 9.17) is 4.74 Å². The van der Waals surface area contributed by atoms with E-state index >= 15 is 0 Å². The van der Waals surface area contributed by atoms with Crippen LogP contribution >= 0.6 is 0 Å². The molecule has 0 bridgehead atoms. The molecule has 8 nitrogen and oxygen atoms in total. The maximum atomic E-state index is 12.3. The lowest BCUT2D eigenvalue weighted by Gasteiger charge is -2.10. The Morgan fingerprint density at radius 1 is 1.21 bits per heavy atom. The van der Waals surface area contributed by atoms with Crippen molar-refractivity contribution in [1.29, 1.82) is 0 Å². The van der Waals surface area contributed by atoms with Gasteiger partial charge in [-0.25, -0.2) is 9.36 Å². The number of Topliss-reactive ketones (excluding diaryl/α,β-unsaturated/α-hetero) is 1. The summed E-state index contributed by atoms with van der Waals surface area (Å²) in [7, 11) is 0. The number of aliphatic imine (C=N–C) groups is 1.